The molecule has 1 atom stereocenters. The zero-order valence-corrected chi connectivity index (χ0v) is 23.6. The first-order valence-electron chi connectivity index (χ1n) is 13.8. The summed E-state index contributed by atoms with van der Waals surface area (Å²) < 4.78 is 19.2. The molecular weight excluding hydrogens is 517 g/mol. The molecule has 10 heteroatoms. The molecule has 2 saturated heterocycles. The second-order valence-corrected chi connectivity index (χ2v) is 10.3. The highest BCUT2D eigenvalue weighted by Gasteiger charge is 2.43. The maximum absolute atomic E-state index is 13.6. The molecule has 210 valence electrons. The lowest BCUT2D eigenvalue weighted by Crippen LogP contribution is -2.47. The van der Waals surface area contributed by atoms with Gasteiger partial charge >= 0.3 is 0 Å². The number of nitrogens with one attached hydrogen (secondary N) is 1. The molecule has 2 aliphatic rings. The number of nitrogens with zero attached hydrogens (tertiary/aromatic N) is 4. The van der Waals surface area contributed by atoms with E-state index in [2.05, 4.69) is 22.0 Å². The molecule has 2 fully saturated rings. The van der Waals surface area contributed by atoms with Crippen LogP contribution in [-0.2, 0) is 9.59 Å². The summed E-state index contributed by atoms with van der Waals surface area (Å²) >= 11 is 5.73. The molecule has 2 aromatic rings. The zero-order chi connectivity index (χ0) is 27.8. The number of piperazine rings is 1. The second-order valence-electron chi connectivity index (χ2n) is 9.90. The van der Waals surface area contributed by atoms with Gasteiger partial charge in [0.2, 0.25) is 5.91 Å². The van der Waals surface area contributed by atoms with Gasteiger partial charge in [-0.15, -0.1) is 0 Å². The number of amides is 2. The average Bonchev–Trinajstić information content (AvgIpc) is 3.17. The molecule has 2 aromatic carbocycles. The van der Waals surface area contributed by atoms with Crippen molar-refractivity contribution in [1.29, 1.82) is 0 Å². The van der Waals surface area contributed by atoms with Crippen LogP contribution in [0.2, 0.25) is 0 Å². The fourth-order valence-electron chi connectivity index (χ4n) is 4.95. The lowest BCUT2D eigenvalue weighted by atomic mass is 10.1. The molecule has 8 nitrogen and oxygen atoms in total. The number of ether oxygens (including phenoxy) is 1. The van der Waals surface area contributed by atoms with Crippen molar-refractivity contribution in [2.45, 2.75) is 39.2 Å². The average molecular weight is 556 g/mol. The molecule has 0 bridgehead atoms. The van der Waals surface area contributed by atoms with Crippen LogP contribution in [0.3, 0.4) is 0 Å². The Kier molecular flexibility index (Phi) is 10.2. The zero-order valence-electron chi connectivity index (χ0n) is 22.8. The number of benzene rings is 2. The normalized spacial score (nSPS) is 18.6. The van der Waals surface area contributed by atoms with E-state index in [1.54, 1.807) is 12.1 Å². The molecule has 1 unspecified atom stereocenters. The van der Waals surface area contributed by atoms with Gasteiger partial charge in [0.1, 0.15) is 17.6 Å². The molecule has 0 saturated carbocycles. The number of rotatable bonds is 12. The Morgan fingerprint density at radius 2 is 1.67 bits per heavy atom. The number of likely N-dealkylation sites (N-methyl/N-ethyl adjacent to an activating group) is 1. The van der Waals surface area contributed by atoms with Crippen molar-refractivity contribution in [3.63, 3.8) is 0 Å². The second kappa shape index (κ2) is 13.8. The van der Waals surface area contributed by atoms with E-state index < -0.39 is 11.9 Å². The van der Waals surface area contributed by atoms with Gasteiger partial charge in [0.25, 0.3) is 5.91 Å². The van der Waals surface area contributed by atoms with Crippen LogP contribution in [-0.4, -0.2) is 90.1 Å². The fraction of sp³-hybridized carbons (Fsp3) is 0.483. The van der Waals surface area contributed by atoms with E-state index in [1.807, 2.05) is 24.0 Å². The molecule has 0 aliphatic carbocycles. The molecule has 2 aliphatic heterocycles. The Morgan fingerprint density at radius 3 is 2.31 bits per heavy atom. The van der Waals surface area contributed by atoms with E-state index in [4.69, 9.17) is 17.0 Å². The third-order valence-corrected chi connectivity index (χ3v) is 7.60. The van der Waals surface area contributed by atoms with Crippen LogP contribution in [0.5, 0.6) is 5.75 Å². The van der Waals surface area contributed by atoms with Crippen molar-refractivity contribution in [2.75, 3.05) is 62.6 Å². The van der Waals surface area contributed by atoms with Gasteiger partial charge in [-0.3, -0.25) is 14.5 Å². The van der Waals surface area contributed by atoms with Gasteiger partial charge in [0.05, 0.1) is 18.7 Å². The molecule has 0 radical (unpaired) electrons. The van der Waals surface area contributed by atoms with E-state index in [9.17, 15) is 14.0 Å². The SMILES string of the molecule is CCCOc1ccc(NC(=O)CC2C(=O)N(c3ccc(F)cc3)C(=S)N2CCCN2CCN(CC)CC2)cc1. The number of thiocarbonyl (C=S) groups is 1. The summed E-state index contributed by atoms with van der Waals surface area (Å²) in [6.45, 7) is 11.5. The topological polar surface area (TPSA) is 68.4 Å². The minimum absolute atomic E-state index is 0.0417. The number of hydrogen-bond donors (Lipinski definition) is 1. The molecule has 0 aromatic heterocycles. The molecule has 2 amide bonds. The maximum atomic E-state index is 13.6. The molecule has 1 N–H and O–H groups in total. The molecule has 0 spiro atoms. The number of carbonyl (C=O) groups excluding carboxylic acids is 2. The highest BCUT2D eigenvalue weighted by molar-refractivity contribution is 7.80. The smallest absolute Gasteiger partial charge is 0.256 e. The van der Waals surface area contributed by atoms with E-state index in [0.717, 1.165) is 57.9 Å². The minimum atomic E-state index is -0.730. The van der Waals surface area contributed by atoms with E-state index >= 15 is 0 Å². The summed E-state index contributed by atoms with van der Waals surface area (Å²) in [6, 6.07) is 12.1. The van der Waals surface area contributed by atoms with Crippen molar-refractivity contribution < 1.29 is 18.7 Å². The summed E-state index contributed by atoms with van der Waals surface area (Å²) in [6.07, 6.45) is 1.69. The van der Waals surface area contributed by atoms with Gasteiger partial charge < -0.3 is 24.8 Å². The van der Waals surface area contributed by atoms with Crippen LogP contribution in [0.25, 0.3) is 0 Å². The largest absolute Gasteiger partial charge is 0.494 e. The van der Waals surface area contributed by atoms with Gasteiger partial charge in [-0.1, -0.05) is 13.8 Å². The Morgan fingerprint density at radius 1 is 1.00 bits per heavy atom. The summed E-state index contributed by atoms with van der Waals surface area (Å²) in [5.74, 6) is -0.205. The van der Waals surface area contributed by atoms with Crippen LogP contribution >= 0.6 is 12.2 Å². The Balaban J connectivity index is 1.42. The number of carbonyl (C=O) groups is 2. The first-order valence-corrected chi connectivity index (χ1v) is 14.2. The van der Waals surface area contributed by atoms with Crippen molar-refractivity contribution in [1.82, 2.24) is 14.7 Å². The number of anilines is 2. The van der Waals surface area contributed by atoms with Crippen LogP contribution < -0.4 is 15.0 Å². The summed E-state index contributed by atoms with van der Waals surface area (Å²) in [4.78, 5) is 34.8. The first kappa shape index (κ1) is 28.9. The van der Waals surface area contributed by atoms with Crippen molar-refractivity contribution >= 4 is 40.5 Å². The van der Waals surface area contributed by atoms with E-state index in [0.29, 0.717) is 29.6 Å². The summed E-state index contributed by atoms with van der Waals surface area (Å²) in [5.41, 5.74) is 1.13. The summed E-state index contributed by atoms with van der Waals surface area (Å²) in [5, 5.41) is 3.23. The highest BCUT2D eigenvalue weighted by Crippen LogP contribution is 2.28. The molecule has 2 heterocycles. The summed E-state index contributed by atoms with van der Waals surface area (Å²) in [7, 11) is 0. The van der Waals surface area contributed by atoms with E-state index in [1.165, 1.54) is 29.2 Å². The van der Waals surface area contributed by atoms with Crippen molar-refractivity contribution in [2.24, 2.45) is 0 Å². The minimum Gasteiger partial charge on any atom is -0.494 e. The lowest BCUT2D eigenvalue weighted by molar-refractivity contribution is -0.124. The predicted octanol–water partition coefficient (Wildman–Crippen LogP) is 3.97. The third-order valence-electron chi connectivity index (χ3n) is 7.18. The van der Waals surface area contributed by atoms with Crippen molar-refractivity contribution in [3.05, 3.63) is 54.3 Å². The molecule has 4 rings (SSSR count). The standard InChI is InChI=1S/C29H38FN5O3S/c1-3-20-38-25-12-8-23(9-13-25)31-27(36)21-26-28(37)35(24-10-6-22(30)7-11-24)29(39)34(26)15-5-14-33-18-16-32(4-2)17-19-33/h6-13,26H,3-5,14-21H2,1-2H3,(H,31,36). The fourth-order valence-corrected chi connectivity index (χ4v) is 5.36. The first-order chi connectivity index (χ1) is 18.9. The van der Waals surface area contributed by atoms with Gasteiger partial charge in [-0.25, -0.2) is 4.39 Å². The molecular formula is C29H38FN5O3S. The quantitative estimate of drug-likeness (QED) is 0.398. The van der Waals surface area contributed by atoms with Crippen LogP contribution in [0, 0.1) is 5.82 Å². The van der Waals surface area contributed by atoms with Gasteiger partial charge in [0.15, 0.2) is 5.11 Å². The van der Waals surface area contributed by atoms with Gasteiger partial charge in [-0.2, -0.15) is 0 Å². The third kappa shape index (κ3) is 7.52. The van der Waals surface area contributed by atoms with Crippen LogP contribution in [0.4, 0.5) is 15.8 Å². The predicted molar refractivity (Wildman–Crippen MR) is 156 cm³/mol. The van der Waals surface area contributed by atoms with Crippen LogP contribution in [0.1, 0.15) is 33.1 Å². The lowest BCUT2D eigenvalue weighted by Gasteiger charge is -2.34. The monoisotopic (exact) mass is 555 g/mol. The van der Waals surface area contributed by atoms with Crippen LogP contribution in [0.15, 0.2) is 48.5 Å². The highest BCUT2D eigenvalue weighted by atomic mass is 32.1. The molecule has 39 heavy (non-hydrogen) atoms. The number of halogens is 1. The van der Waals surface area contributed by atoms with Gasteiger partial charge in [-0.05, 0) is 86.7 Å². The Hall–Kier alpha value is -3.08. The number of hydrogen-bond acceptors (Lipinski definition) is 6. The Bertz CT molecular complexity index is 1120. The maximum Gasteiger partial charge on any atom is 0.256 e. The van der Waals surface area contributed by atoms with Crippen molar-refractivity contribution in [3.8, 4) is 5.75 Å². The van der Waals surface area contributed by atoms with E-state index in [-0.39, 0.29) is 18.2 Å². The Labute approximate surface area is 235 Å². The van der Waals surface area contributed by atoms with Gasteiger partial charge in [0, 0.05) is 38.4 Å².